The number of fused-ring (bicyclic) bond motifs is 1. The zero-order chi connectivity index (χ0) is 19.7. The lowest BCUT2D eigenvalue weighted by atomic mass is 10.1. The van der Waals surface area contributed by atoms with Crippen LogP contribution in [-0.2, 0) is 11.3 Å². The van der Waals surface area contributed by atoms with Crippen LogP contribution in [0.5, 0.6) is 0 Å². The molecule has 3 rings (SSSR count). The van der Waals surface area contributed by atoms with E-state index in [1.165, 1.54) is 12.1 Å². The van der Waals surface area contributed by atoms with Gasteiger partial charge in [0.05, 0.1) is 28.9 Å². The maximum atomic E-state index is 14.9. The first-order chi connectivity index (χ1) is 12.8. The van der Waals surface area contributed by atoms with Crippen molar-refractivity contribution in [3.05, 3.63) is 57.5 Å². The third-order valence-corrected chi connectivity index (χ3v) is 4.06. The van der Waals surface area contributed by atoms with Crippen LogP contribution in [0.25, 0.3) is 22.3 Å². The van der Waals surface area contributed by atoms with Crippen molar-refractivity contribution in [2.24, 2.45) is 0 Å². The van der Waals surface area contributed by atoms with Gasteiger partial charge in [-0.2, -0.15) is 0 Å². The molecule has 0 spiro atoms. The van der Waals surface area contributed by atoms with Crippen molar-refractivity contribution < 1.29 is 22.3 Å². The Bertz CT molecular complexity index is 1080. The zero-order valence-corrected chi connectivity index (χ0v) is 14.4. The zero-order valence-electron chi connectivity index (χ0n) is 14.4. The molecule has 1 heterocycles. The molecule has 8 heteroatoms. The van der Waals surface area contributed by atoms with Crippen LogP contribution in [0.15, 0.2) is 33.5 Å². The molecule has 0 amide bonds. The molecule has 4 N–H and O–H groups in total. The molecule has 0 bridgehead atoms. The number of anilines is 2. The average molecular weight is 378 g/mol. The Morgan fingerprint density at radius 2 is 1.85 bits per heavy atom. The largest absolute Gasteiger partial charge is 0.453 e. The number of hydrogen-bond donors (Lipinski definition) is 2. The molecule has 1 aromatic heterocycles. The summed E-state index contributed by atoms with van der Waals surface area (Å²) in [6.45, 7) is 1.78. The van der Waals surface area contributed by atoms with E-state index in [1.807, 2.05) is 6.92 Å². The Labute approximate surface area is 152 Å². The Morgan fingerprint density at radius 3 is 2.52 bits per heavy atom. The highest BCUT2D eigenvalue weighted by atomic mass is 19.1. The standard InChI is InChI=1S/C19H17F3N2O3/c1-2-5-26-8-10-16(21)18(24)15-13(25)7-14(27-19(15)17(10)22)9-3-4-12(23)11(20)6-9/h3-4,6-7H,2,5,8,23-24H2,1H3. The first-order valence-corrected chi connectivity index (χ1v) is 8.21. The lowest BCUT2D eigenvalue weighted by Gasteiger charge is -2.12. The van der Waals surface area contributed by atoms with E-state index in [4.69, 9.17) is 20.6 Å². The summed E-state index contributed by atoms with van der Waals surface area (Å²) in [6, 6.07) is 4.75. The molecule has 0 saturated carbocycles. The molecule has 0 fully saturated rings. The van der Waals surface area contributed by atoms with E-state index in [-0.39, 0.29) is 23.6 Å². The predicted octanol–water partition coefficient (Wildman–Crippen LogP) is 3.97. The summed E-state index contributed by atoms with van der Waals surface area (Å²) in [5.41, 5.74) is 8.99. The number of benzene rings is 2. The molecule has 2 aromatic carbocycles. The van der Waals surface area contributed by atoms with Crippen LogP contribution < -0.4 is 16.9 Å². The van der Waals surface area contributed by atoms with E-state index >= 15 is 0 Å². The first kappa shape index (κ1) is 18.8. The lowest BCUT2D eigenvalue weighted by Crippen LogP contribution is -2.11. The van der Waals surface area contributed by atoms with Crippen LogP contribution in [0.2, 0.25) is 0 Å². The Balaban J connectivity index is 2.23. The van der Waals surface area contributed by atoms with Gasteiger partial charge in [0.2, 0.25) is 0 Å². The van der Waals surface area contributed by atoms with Gasteiger partial charge in [-0.3, -0.25) is 4.79 Å². The Morgan fingerprint density at radius 1 is 1.11 bits per heavy atom. The summed E-state index contributed by atoms with van der Waals surface area (Å²) in [7, 11) is 0. The van der Waals surface area contributed by atoms with Crippen LogP contribution in [0.3, 0.4) is 0 Å². The molecule has 142 valence electrons. The molecule has 3 aromatic rings. The quantitative estimate of drug-likeness (QED) is 0.518. The summed E-state index contributed by atoms with van der Waals surface area (Å²) in [5.74, 6) is -2.96. The Hall–Kier alpha value is -3.00. The van der Waals surface area contributed by atoms with Gasteiger partial charge in [-0.05, 0) is 24.6 Å². The monoisotopic (exact) mass is 378 g/mol. The van der Waals surface area contributed by atoms with Crippen LogP contribution in [0.4, 0.5) is 24.5 Å². The van der Waals surface area contributed by atoms with Gasteiger partial charge in [-0.15, -0.1) is 0 Å². The maximum absolute atomic E-state index is 14.9. The Kier molecular flexibility index (Phi) is 5.09. The highest BCUT2D eigenvalue weighted by molar-refractivity contribution is 5.91. The van der Waals surface area contributed by atoms with Gasteiger partial charge in [-0.25, -0.2) is 13.2 Å². The van der Waals surface area contributed by atoms with E-state index in [9.17, 15) is 18.0 Å². The van der Waals surface area contributed by atoms with Gasteiger partial charge in [0.15, 0.2) is 22.6 Å². The topological polar surface area (TPSA) is 91.5 Å². The number of nitrogens with two attached hydrogens (primary N) is 2. The van der Waals surface area contributed by atoms with E-state index in [0.717, 1.165) is 12.1 Å². The molecule has 0 aliphatic rings. The molecule has 0 atom stereocenters. The second kappa shape index (κ2) is 7.32. The predicted molar refractivity (Wildman–Crippen MR) is 96.6 cm³/mol. The molecular formula is C19H17F3N2O3. The van der Waals surface area contributed by atoms with Gasteiger partial charge in [0.1, 0.15) is 11.6 Å². The van der Waals surface area contributed by atoms with E-state index in [0.29, 0.717) is 13.0 Å². The second-order valence-corrected chi connectivity index (χ2v) is 5.99. The highest BCUT2D eigenvalue weighted by Crippen LogP contribution is 2.32. The van der Waals surface area contributed by atoms with Crippen molar-refractivity contribution in [1.82, 2.24) is 0 Å². The van der Waals surface area contributed by atoms with Gasteiger partial charge >= 0.3 is 0 Å². The molecule has 0 saturated heterocycles. The summed E-state index contributed by atoms with van der Waals surface area (Å²) in [4.78, 5) is 12.4. The van der Waals surface area contributed by atoms with Gasteiger partial charge in [0, 0.05) is 18.2 Å². The van der Waals surface area contributed by atoms with Gasteiger partial charge in [-0.1, -0.05) is 6.92 Å². The number of halogens is 3. The molecule has 0 unspecified atom stereocenters. The van der Waals surface area contributed by atoms with Crippen LogP contribution in [0.1, 0.15) is 18.9 Å². The molecule has 0 aliphatic carbocycles. The van der Waals surface area contributed by atoms with Crippen LogP contribution in [0, 0.1) is 17.5 Å². The van der Waals surface area contributed by atoms with E-state index in [2.05, 4.69) is 0 Å². The third-order valence-electron chi connectivity index (χ3n) is 4.06. The third kappa shape index (κ3) is 3.35. The molecule has 0 aliphatic heterocycles. The van der Waals surface area contributed by atoms with E-state index in [1.54, 1.807) is 0 Å². The minimum absolute atomic E-state index is 0.0882. The highest BCUT2D eigenvalue weighted by Gasteiger charge is 2.23. The molecule has 5 nitrogen and oxygen atoms in total. The average Bonchev–Trinajstić information content (AvgIpc) is 2.64. The number of hydrogen-bond acceptors (Lipinski definition) is 5. The van der Waals surface area contributed by atoms with Crippen molar-refractivity contribution >= 4 is 22.3 Å². The fourth-order valence-corrected chi connectivity index (χ4v) is 2.68. The van der Waals surface area contributed by atoms with Gasteiger partial charge < -0.3 is 20.6 Å². The minimum atomic E-state index is -1.08. The fourth-order valence-electron chi connectivity index (χ4n) is 2.68. The summed E-state index contributed by atoms with van der Waals surface area (Å²) in [5, 5.41) is -0.413. The van der Waals surface area contributed by atoms with Crippen molar-refractivity contribution in [1.29, 1.82) is 0 Å². The lowest BCUT2D eigenvalue weighted by molar-refractivity contribution is 0.116. The normalized spacial score (nSPS) is 11.3. The summed E-state index contributed by atoms with van der Waals surface area (Å²) < 4.78 is 53.6. The van der Waals surface area contributed by atoms with Crippen molar-refractivity contribution in [3.8, 4) is 11.3 Å². The molecule has 27 heavy (non-hydrogen) atoms. The smallest absolute Gasteiger partial charge is 0.195 e. The number of ether oxygens (including phenoxy) is 1. The van der Waals surface area contributed by atoms with E-state index < -0.39 is 45.1 Å². The van der Waals surface area contributed by atoms with Crippen LogP contribution >= 0.6 is 0 Å². The SMILES string of the molecule is CCCOCc1c(F)c(N)c2c(=O)cc(-c3ccc(N)c(F)c3)oc2c1F. The summed E-state index contributed by atoms with van der Waals surface area (Å²) in [6.07, 6.45) is 0.661. The van der Waals surface area contributed by atoms with Crippen LogP contribution in [-0.4, -0.2) is 6.61 Å². The number of nitrogen functional groups attached to an aromatic ring is 2. The minimum Gasteiger partial charge on any atom is -0.453 e. The second-order valence-electron chi connectivity index (χ2n) is 5.99. The van der Waals surface area contributed by atoms with Gasteiger partial charge in [0.25, 0.3) is 0 Å². The number of rotatable bonds is 5. The molecular weight excluding hydrogens is 361 g/mol. The van der Waals surface area contributed by atoms with Crippen molar-refractivity contribution in [2.75, 3.05) is 18.1 Å². The van der Waals surface area contributed by atoms with Crippen molar-refractivity contribution in [2.45, 2.75) is 20.0 Å². The fraction of sp³-hybridized carbons (Fsp3) is 0.211. The maximum Gasteiger partial charge on any atom is 0.195 e. The molecule has 0 radical (unpaired) electrons. The summed E-state index contributed by atoms with van der Waals surface area (Å²) >= 11 is 0. The first-order valence-electron chi connectivity index (χ1n) is 8.21. The van der Waals surface area contributed by atoms with Crippen molar-refractivity contribution in [3.63, 3.8) is 0 Å².